The average Bonchev–Trinajstić information content (AvgIpc) is 4.15. The number of carbonyl (C=O) groups excluding carboxylic acids is 4. The number of carbonyl (C=O) groups is 5. The first-order valence-electron chi connectivity index (χ1n) is 22.2. The number of ether oxygens (including phenoxy) is 3. The lowest BCUT2D eigenvalue weighted by atomic mass is 10.1. The molecule has 0 unspecified atom stereocenters. The molecule has 25 nitrogen and oxygen atoms in total. The summed E-state index contributed by atoms with van der Waals surface area (Å²) >= 11 is 0. The van der Waals surface area contributed by atoms with Gasteiger partial charge in [0.15, 0.2) is 0 Å². The van der Waals surface area contributed by atoms with E-state index >= 15 is 0 Å². The number of aromatic nitrogens is 10. The maximum Gasteiger partial charge on any atom is 0.414 e. The average molecular weight is 1040 g/mol. The molecular formula is C45H53ClF2N16O9. The molecule has 0 saturated carbocycles. The van der Waals surface area contributed by atoms with Crippen LogP contribution in [0.2, 0.25) is 0 Å². The third kappa shape index (κ3) is 15.6. The van der Waals surface area contributed by atoms with Gasteiger partial charge in [-0.3, -0.25) is 29.4 Å². The van der Waals surface area contributed by atoms with Gasteiger partial charge in [0, 0.05) is 47.7 Å². The first-order chi connectivity index (χ1) is 34.3. The SMILES string of the molecule is CC(C)(C)OC(=O)NCCC(=O)O.Cn1nnc(-c2ccc(-c3ccc(N4C[C@H](CN)OC4=O)cc3F)cn2)n1.Cn1nnc(-c2ccc(-c3ccc(N4C[C@H](CNC(=O)CC[NH3+])OC4=O)cc3F)cn2)n1.[Cl-]. The maximum atomic E-state index is 14.9. The minimum Gasteiger partial charge on any atom is -1.00 e. The summed E-state index contributed by atoms with van der Waals surface area (Å²) in [5.41, 5.74) is 12.3. The number of amides is 4. The van der Waals surface area contributed by atoms with Gasteiger partial charge in [-0.25, -0.2) is 23.2 Å². The van der Waals surface area contributed by atoms with Crippen LogP contribution in [-0.4, -0.2) is 143 Å². The normalized spacial score (nSPS) is 14.9. The van der Waals surface area contributed by atoms with Crippen molar-refractivity contribution in [2.75, 3.05) is 49.1 Å². The Morgan fingerprint density at radius 2 is 1.27 bits per heavy atom. The number of aryl methyl sites for hydroxylation is 2. The predicted molar refractivity (Wildman–Crippen MR) is 251 cm³/mol. The van der Waals surface area contributed by atoms with Gasteiger partial charge in [0.05, 0.1) is 64.5 Å². The monoisotopic (exact) mass is 1030 g/mol. The fourth-order valence-corrected chi connectivity index (χ4v) is 6.71. The second-order valence-corrected chi connectivity index (χ2v) is 16.8. The van der Waals surface area contributed by atoms with Crippen molar-refractivity contribution >= 4 is 41.5 Å². The fraction of sp³-hybridized carbons (Fsp3) is 0.356. The molecule has 8 N–H and O–H groups in total. The molecule has 8 rings (SSSR count). The third-order valence-corrected chi connectivity index (χ3v) is 10.1. The van der Waals surface area contributed by atoms with Crippen molar-refractivity contribution in [3.05, 3.63) is 84.7 Å². The molecule has 2 atom stereocenters. The Bertz CT molecular complexity index is 2870. The van der Waals surface area contributed by atoms with Gasteiger partial charge in [-0.1, -0.05) is 12.1 Å². The minimum atomic E-state index is -0.948. The number of nitrogens with one attached hydrogen (secondary N) is 2. The van der Waals surface area contributed by atoms with Crippen LogP contribution in [-0.2, 0) is 37.9 Å². The molecule has 0 spiro atoms. The summed E-state index contributed by atoms with van der Waals surface area (Å²) in [4.78, 5) is 70.6. The smallest absolute Gasteiger partial charge is 0.414 e. The number of anilines is 2. The minimum absolute atomic E-state index is 0. The summed E-state index contributed by atoms with van der Waals surface area (Å²) in [6, 6.07) is 15.9. The number of carboxylic acid groups (broad SMARTS) is 1. The Morgan fingerprint density at radius 3 is 1.66 bits per heavy atom. The van der Waals surface area contributed by atoms with E-state index in [1.54, 1.807) is 89.6 Å². The highest BCUT2D eigenvalue weighted by Gasteiger charge is 2.34. The van der Waals surface area contributed by atoms with Crippen molar-refractivity contribution in [2.24, 2.45) is 19.8 Å². The Hall–Kier alpha value is -8.30. The number of aliphatic carboxylic acids is 1. The number of pyridine rings is 2. The number of cyclic esters (lactones) is 2. The van der Waals surface area contributed by atoms with Gasteiger partial charge in [-0.15, -0.1) is 20.4 Å². The molecule has 2 aliphatic heterocycles. The Labute approximate surface area is 422 Å². The largest absolute Gasteiger partial charge is 1.00 e. The van der Waals surface area contributed by atoms with Gasteiger partial charge in [0.2, 0.25) is 17.6 Å². The first-order valence-corrected chi connectivity index (χ1v) is 22.2. The van der Waals surface area contributed by atoms with Gasteiger partial charge in [-0.2, -0.15) is 9.59 Å². The van der Waals surface area contributed by atoms with Crippen molar-refractivity contribution in [1.82, 2.24) is 61.0 Å². The van der Waals surface area contributed by atoms with Crippen LogP contribution in [0.4, 0.5) is 34.5 Å². The van der Waals surface area contributed by atoms with E-state index in [1.807, 2.05) is 0 Å². The molecule has 0 bridgehead atoms. The Kier molecular flexibility index (Phi) is 19.2. The molecule has 2 saturated heterocycles. The van der Waals surface area contributed by atoms with Crippen molar-refractivity contribution < 1.29 is 70.2 Å². The van der Waals surface area contributed by atoms with E-state index in [9.17, 15) is 32.8 Å². The highest BCUT2D eigenvalue weighted by atomic mass is 35.5. The molecule has 4 amide bonds. The predicted octanol–water partition coefficient (Wildman–Crippen LogP) is -0.496. The van der Waals surface area contributed by atoms with Crippen molar-refractivity contribution in [1.29, 1.82) is 0 Å². The lowest BCUT2D eigenvalue weighted by Crippen LogP contribution is -3.00. The molecule has 2 fully saturated rings. The number of quaternary nitrogens is 1. The van der Waals surface area contributed by atoms with Crippen LogP contribution in [0.1, 0.15) is 33.6 Å². The molecule has 6 heterocycles. The molecule has 0 aliphatic carbocycles. The second-order valence-electron chi connectivity index (χ2n) is 16.8. The van der Waals surface area contributed by atoms with Gasteiger partial charge in [0.1, 0.15) is 40.8 Å². The van der Waals surface area contributed by atoms with E-state index in [-0.39, 0.29) is 57.0 Å². The van der Waals surface area contributed by atoms with E-state index in [1.165, 1.54) is 37.7 Å². The van der Waals surface area contributed by atoms with Gasteiger partial charge >= 0.3 is 24.2 Å². The quantitative estimate of drug-likeness (QED) is 0.0859. The number of alkyl carbamates (subject to hydrolysis) is 1. The van der Waals surface area contributed by atoms with Gasteiger partial charge < -0.3 is 53.8 Å². The van der Waals surface area contributed by atoms with E-state index < -0.39 is 47.6 Å². The summed E-state index contributed by atoms with van der Waals surface area (Å²) < 4.78 is 44.8. The van der Waals surface area contributed by atoms with Crippen LogP contribution < -0.4 is 44.3 Å². The summed E-state index contributed by atoms with van der Waals surface area (Å²) in [6.07, 6.45) is 0.681. The molecule has 0 radical (unpaired) electrons. The topological polar surface area (TPSA) is 330 Å². The van der Waals surface area contributed by atoms with E-state index in [4.69, 9.17) is 25.1 Å². The standard InChI is InChI=1S/C20H21FN8O3.C17H16FN7O2.C8H15NO4.ClH/c1-28-26-19(25-27-28)17-5-2-12(9-23-17)15-4-3-13(8-16(15)21)29-11-14(32-20(29)31)10-24-18(30)6-7-22;1-24-22-16(21-23-24)15-5-2-10(8-20-15)13-4-3-11(6-14(13)18)25-9-12(7-19)27-17(25)26;1-8(2,3)13-7(12)9-5-4-6(10)11;/h2-5,8-9,14H,6-7,10-11,22H2,1H3,(H,24,30);2-6,8,12H,7,9,19H2,1H3;4-5H2,1-3H3,(H,9,12)(H,10,11);1H/t14-;12-;;/m00../s1. The zero-order chi connectivity index (χ0) is 52.1. The number of hydrogen-bond acceptors (Lipinski definition) is 17. The number of nitrogens with zero attached hydrogens (tertiary/aromatic N) is 12. The van der Waals surface area contributed by atoms with Crippen LogP contribution in [0.15, 0.2) is 73.1 Å². The molecule has 28 heteroatoms. The number of hydrogen-bond donors (Lipinski definition) is 5. The molecule has 2 aromatic carbocycles. The zero-order valence-electron chi connectivity index (χ0n) is 40.2. The zero-order valence-corrected chi connectivity index (χ0v) is 41.0. The Morgan fingerprint density at radius 1 is 0.781 bits per heavy atom. The molecule has 388 valence electrons. The van der Waals surface area contributed by atoms with Crippen LogP contribution in [0, 0.1) is 11.6 Å². The lowest BCUT2D eigenvalue weighted by Gasteiger charge is -2.19. The second kappa shape index (κ2) is 25.2. The summed E-state index contributed by atoms with van der Waals surface area (Å²) in [7, 11) is 3.31. The van der Waals surface area contributed by atoms with Gasteiger partial charge in [-0.05, 0) is 79.7 Å². The molecule has 4 aromatic heterocycles. The number of rotatable bonds is 14. The van der Waals surface area contributed by atoms with Crippen LogP contribution in [0.25, 0.3) is 45.3 Å². The first kappa shape index (κ1) is 55.6. The number of halogens is 3. The number of nitrogens with two attached hydrogens (primary N) is 1. The summed E-state index contributed by atoms with van der Waals surface area (Å²) in [5, 5.41) is 36.8. The molecule has 2 aliphatic rings. The molecular weight excluding hydrogens is 982 g/mol. The van der Waals surface area contributed by atoms with Crippen LogP contribution >= 0.6 is 0 Å². The van der Waals surface area contributed by atoms with Gasteiger partial charge in [0.25, 0.3) is 0 Å². The Balaban J connectivity index is 0.000000219. The third-order valence-electron chi connectivity index (χ3n) is 10.1. The highest BCUT2D eigenvalue weighted by Crippen LogP contribution is 2.31. The van der Waals surface area contributed by atoms with Crippen molar-refractivity contribution in [2.45, 2.75) is 51.4 Å². The van der Waals surface area contributed by atoms with E-state index in [2.05, 4.69) is 57.2 Å². The summed E-state index contributed by atoms with van der Waals surface area (Å²) in [6.45, 7) is 6.73. The van der Waals surface area contributed by atoms with Crippen molar-refractivity contribution in [3.63, 3.8) is 0 Å². The lowest BCUT2D eigenvalue weighted by molar-refractivity contribution is -0.366. The molecule has 6 aromatic rings. The van der Waals surface area contributed by atoms with Crippen LogP contribution in [0.5, 0.6) is 0 Å². The number of benzene rings is 2. The number of carboxylic acids is 1. The van der Waals surface area contributed by atoms with Crippen molar-refractivity contribution in [3.8, 4) is 45.3 Å². The maximum absolute atomic E-state index is 14.9. The van der Waals surface area contributed by atoms with Crippen LogP contribution in [0.3, 0.4) is 0 Å². The number of tetrazole rings is 2. The highest BCUT2D eigenvalue weighted by molar-refractivity contribution is 5.91. The molecule has 73 heavy (non-hydrogen) atoms. The fourth-order valence-electron chi connectivity index (χ4n) is 6.71. The summed E-state index contributed by atoms with van der Waals surface area (Å²) in [5.74, 6) is -1.31. The van der Waals surface area contributed by atoms with E-state index in [0.29, 0.717) is 76.2 Å². The van der Waals surface area contributed by atoms with E-state index in [0.717, 1.165) is 0 Å².